The van der Waals surface area contributed by atoms with Crippen LogP contribution in [0.1, 0.15) is 42.6 Å². The third-order valence-corrected chi connectivity index (χ3v) is 5.36. The Hall–Kier alpha value is -3.23. The summed E-state index contributed by atoms with van der Waals surface area (Å²) in [6.07, 6.45) is 8.29. The van der Waals surface area contributed by atoms with Gasteiger partial charge in [-0.3, -0.25) is 9.59 Å². The van der Waals surface area contributed by atoms with Gasteiger partial charge in [0.2, 0.25) is 11.9 Å². The second-order valence-corrected chi connectivity index (χ2v) is 7.16. The molecule has 1 saturated carbocycles. The van der Waals surface area contributed by atoms with Crippen LogP contribution in [0, 0.1) is 0 Å². The number of rotatable bonds is 4. The lowest BCUT2D eigenvalue weighted by Gasteiger charge is -2.30. The number of amides is 2. The van der Waals surface area contributed by atoms with Gasteiger partial charge < -0.3 is 20.9 Å². The predicted octanol–water partition coefficient (Wildman–Crippen LogP) is 1.83. The Morgan fingerprint density at radius 1 is 1.21 bits per heavy atom. The number of carbonyl (C=O) groups is 2. The first kappa shape index (κ1) is 18.1. The molecule has 0 radical (unpaired) electrons. The van der Waals surface area contributed by atoms with Gasteiger partial charge in [-0.15, -0.1) is 0 Å². The molecular formula is C19H23N7O2. The standard InChI is InChI=1S/C19H23N7O2/c1-25-15-11-22-19(23-12-6-7-14(17(20)28)21-10-12)24-18(15)26(9-8-16(25)27)13-4-2-3-5-13/h6-7,10-11,13H,2-5,8-9H2,1H3,(H2,20,28)(H,22,23,24). The lowest BCUT2D eigenvalue weighted by Crippen LogP contribution is -2.34. The summed E-state index contributed by atoms with van der Waals surface area (Å²) in [6, 6.07) is 3.65. The van der Waals surface area contributed by atoms with E-state index in [1.165, 1.54) is 19.0 Å². The smallest absolute Gasteiger partial charge is 0.267 e. The summed E-state index contributed by atoms with van der Waals surface area (Å²) in [5.74, 6) is 0.683. The average Bonchev–Trinajstić information content (AvgIpc) is 3.19. The summed E-state index contributed by atoms with van der Waals surface area (Å²) in [4.78, 5) is 40.6. The van der Waals surface area contributed by atoms with Crippen molar-refractivity contribution in [2.75, 3.05) is 28.7 Å². The number of anilines is 4. The van der Waals surface area contributed by atoms with Crippen LogP contribution in [0.4, 0.5) is 23.1 Å². The topological polar surface area (TPSA) is 117 Å². The van der Waals surface area contributed by atoms with E-state index >= 15 is 0 Å². The molecule has 1 aliphatic carbocycles. The minimum atomic E-state index is -0.576. The maximum Gasteiger partial charge on any atom is 0.267 e. The number of primary amides is 1. The molecule has 0 aromatic carbocycles. The number of nitrogens with two attached hydrogens (primary N) is 1. The normalized spacial score (nSPS) is 17.4. The van der Waals surface area contributed by atoms with Gasteiger partial charge in [0.1, 0.15) is 11.4 Å². The summed E-state index contributed by atoms with van der Waals surface area (Å²) in [5.41, 5.74) is 6.79. The average molecular weight is 381 g/mol. The first-order chi connectivity index (χ1) is 13.5. The number of carbonyl (C=O) groups excluding carboxylic acids is 2. The zero-order valence-electron chi connectivity index (χ0n) is 15.8. The highest BCUT2D eigenvalue weighted by molar-refractivity contribution is 5.97. The highest BCUT2D eigenvalue weighted by Crippen LogP contribution is 2.36. The number of pyridine rings is 1. The van der Waals surface area contributed by atoms with Crippen LogP contribution in [0.3, 0.4) is 0 Å². The van der Waals surface area contributed by atoms with Crippen molar-refractivity contribution in [1.82, 2.24) is 15.0 Å². The van der Waals surface area contributed by atoms with Gasteiger partial charge in [0.05, 0.1) is 18.1 Å². The van der Waals surface area contributed by atoms with E-state index in [1.807, 2.05) is 0 Å². The molecule has 9 heteroatoms. The highest BCUT2D eigenvalue weighted by Gasteiger charge is 2.31. The fourth-order valence-electron chi connectivity index (χ4n) is 3.81. The minimum absolute atomic E-state index is 0.0669. The molecule has 1 fully saturated rings. The molecule has 0 bridgehead atoms. The number of nitrogens with one attached hydrogen (secondary N) is 1. The van der Waals surface area contributed by atoms with Crippen LogP contribution in [0.25, 0.3) is 0 Å². The Morgan fingerprint density at radius 2 is 2.00 bits per heavy atom. The summed E-state index contributed by atoms with van der Waals surface area (Å²) < 4.78 is 0. The van der Waals surface area contributed by atoms with E-state index in [1.54, 1.807) is 30.3 Å². The van der Waals surface area contributed by atoms with Crippen molar-refractivity contribution in [3.8, 4) is 0 Å². The quantitative estimate of drug-likeness (QED) is 0.829. The lowest BCUT2D eigenvalue weighted by molar-refractivity contribution is -0.118. The molecule has 4 rings (SSSR count). The van der Waals surface area contributed by atoms with Gasteiger partial charge in [0.25, 0.3) is 5.91 Å². The molecule has 2 amide bonds. The summed E-state index contributed by atoms with van der Waals surface area (Å²) >= 11 is 0. The molecule has 1 aliphatic heterocycles. The number of aromatic nitrogens is 3. The largest absolute Gasteiger partial charge is 0.364 e. The number of fused-ring (bicyclic) bond motifs is 1. The van der Waals surface area contributed by atoms with Crippen molar-refractivity contribution in [2.24, 2.45) is 5.73 Å². The molecule has 0 saturated heterocycles. The fraction of sp³-hybridized carbons (Fsp3) is 0.421. The van der Waals surface area contributed by atoms with Crippen LogP contribution in [0.2, 0.25) is 0 Å². The molecule has 9 nitrogen and oxygen atoms in total. The summed E-state index contributed by atoms with van der Waals surface area (Å²) in [5, 5.41) is 3.11. The van der Waals surface area contributed by atoms with E-state index in [0.29, 0.717) is 30.6 Å². The molecule has 28 heavy (non-hydrogen) atoms. The van der Waals surface area contributed by atoms with Crippen LogP contribution in [0.5, 0.6) is 0 Å². The number of nitrogens with zero attached hydrogens (tertiary/aromatic N) is 5. The summed E-state index contributed by atoms with van der Waals surface area (Å²) in [7, 11) is 1.77. The molecule has 3 heterocycles. The SMILES string of the molecule is CN1C(=O)CCN(C2CCCC2)c2nc(Nc3ccc(C(N)=O)nc3)ncc21. The van der Waals surface area contributed by atoms with E-state index in [9.17, 15) is 9.59 Å². The minimum Gasteiger partial charge on any atom is -0.364 e. The van der Waals surface area contributed by atoms with Gasteiger partial charge in [-0.2, -0.15) is 4.98 Å². The Kier molecular flexibility index (Phi) is 4.81. The van der Waals surface area contributed by atoms with Crippen LogP contribution in [-0.4, -0.2) is 46.4 Å². The van der Waals surface area contributed by atoms with Crippen LogP contribution >= 0.6 is 0 Å². The van der Waals surface area contributed by atoms with Gasteiger partial charge in [-0.05, 0) is 25.0 Å². The fourth-order valence-corrected chi connectivity index (χ4v) is 3.81. The van der Waals surface area contributed by atoms with Crippen molar-refractivity contribution < 1.29 is 9.59 Å². The van der Waals surface area contributed by atoms with Crippen molar-refractivity contribution in [2.45, 2.75) is 38.1 Å². The molecule has 2 aromatic heterocycles. The van der Waals surface area contributed by atoms with E-state index in [-0.39, 0.29) is 11.6 Å². The number of hydrogen-bond donors (Lipinski definition) is 2. The Labute approximate surface area is 163 Å². The summed E-state index contributed by atoms with van der Waals surface area (Å²) in [6.45, 7) is 0.659. The molecule has 0 spiro atoms. The molecular weight excluding hydrogens is 358 g/mol. The van der Waals surface area contributed by atoms with Crippen molar-refractivity contribution >= 4 is 35.0 Å². The van der Waals surface area contributed by atoms with E-state index < -0.39 is 5.91 Å². The third-order valence-electron chi connectivity index (χ3n) is 5.36. The highest BCUT2D eigenvalue weighted by atomic mass is 16.2. The second-order valence-electron chi connectivity index (χ2n) is 7.16. The van der Waals surface area contributed by atoms with Crippen LogP contribution in [-0.2, 0) is 4.79 Å². The van der Waals surface area contributed by atoms with E-state index in [4.69, 9.17) is 10.7 Å². The molecule has 146 valence electrons. The molecule has 2 aliphatic rings. The third kappa shape index (κ3) is 3.47. The molecule has 3 N–H and O–H groups in total. The zero-order valence-corrected chi connectivity index (χ0v) is 15.8. The lowest BCUT2D eigenvalue weighted by atomic mass is 10.2. The zero-order chi connectivity index (χ0) is 19.7. The van der Waals surface area contributed by atoms with Crippen molar-refractivity contribution in [3.05, 3.63) is 30.2 Å². The van der Waals surface area contributed by atoms with E-state index in [2.05, 4.69) is 20.2 Å². The monoisotopic (exact) mass is 381 g/mol. The van der Waals surface area contributed by atoms with Crippen molar-refractivity contribution in [1.29, 1.82) is 0 Å². The second kappa shape index (κ2) is 7.41. The molecule has 2 aromatic rings. The Balaban J connectivity index is 1.65. The maximum absolute atomic E-state index is 12.4. The molecule has 0 atom stereocenters. The first-order valence-corrected chi connectivity index (χ1v) is 9.46. The number of hydrogen-bond acceptors (Lipinski definition) is 7. The van der Waals surface area contributed by atoms with Gasteiger partial charge in [-0.25, -0.2) is 9.97 Å². The molecule has 0 unspecified atom stereocenters. The van der Waals surface area contributed by atoms with Gasteiger partial charge in [0.15, 0.2) is 5.82 Å². The van der Waals surface area contributed by atoms with Gasteiger partial charge in [0, 0.05) is 26.1 Å². The Bertz CT molecular complexity index is 894. The van der Waals surface area contributed by atoms with Gasteiger partial charge >= 0.3 is 0 Å². The van der Waals surface area contributed by atoms with Crippen molar-refractivity contribution in [3.63, 3.8) is 0 Å². The van der Waals surface area contributed by atoms with E-state index in [0.717, 1.165) is 24.3 Å². The first-order valence-electron chi connectivity index (χ1n) is 9.46. The van der Waals surface area contributed by atoms with Crippen LogP contribution in [0.15, 0.2) is 24.5 Å². The van der Waals surface area contributed by atoms with Crippen LogP contribution < -0.4 is 20.9 Å². The predicted molar refractivity (Wildman–Crippen MR) is 106 cm³/mol. The Morgan fingerprint density at radius 3 is 2.68 bits per heavy atom. The maximum atomic E-state index is 12.4. The van der Waals surface area contributed by atoms with Gasteiger partial charge in [-0.1, -0.05) is 12.8 Å².